The Morgan fingerprint density at radius 2 is 1.36 bits per heavy atom. The monoisotopic (exact) mass is 294 g/mol. The minimum Gasteiger partial charge on any atom is -0.303 e. The lowest BCUT2D eigenvalue weighted by Gasteiger charge is -2.57. The number of benzene rings is 1. The number of carbonyl (C=O) groups excluding carboxylic acids is 1. The maximum absolute atomic E-state index is 11.1. The first kappa shape index (κ1) is 13.3. The van der Waals surface area contributed by atoms with Crippen LogP contribution in [-0.4, -0.2) is 6.29 Å². The van der Waals surface area contributed by atoms with E-state index in [1.54, 1.807) is 5.56 Å². The Hall–Kier alpha value is -1.11. The van der Waals surface area contributed by atoms with Gasteiger partial charge < -0.3 is 4.79 Å². The van der Waals surface area contributed by atoms with Crippen LogP contribution < -0.4 is 0 Å². The first-order valence-electron chi connectivity index (χ1n) is 9.18. The van der Waals surface area contributed by atoms with Crippen molar-refractivity contribution in [3.63, 3.8) is 0 Å². The quantitative estimate of drug-likeness (QED) is 0.743. The van der Waals surface area contributed by atoms with E-state index in [0.717, 1.165) is 30.5 Å². The first-order chi connectivity index (χ1) is 10.6. The van der Waals surface area contributed by atoms with Gasteiger partial charge in [-0.05, 0) is 79.2 Å². The van der Waals surface area contributed by atoms with E-state index in [4.69, 9.17) is 0 Å². The number of hydrogen-bond acceptors (Lipinski definition) is 1. The average molecular weight is 294 g/mol. The molecule has 0 radical (unpaired) electrons. The van der Waals surface area contributed by atoms with Crippen LogP contribution in [0.15, 0.2) is 24.3 Å². The fraction of sp³-hybridized carbons (Fsp3) is 0.667. The largest absolute Gasteiger partial charge is 0.303 e. The number of rotatable bonds is 3. The van der Waals surface area contributed by atoms with Gasteiger partial charge >= 0.3 is 0 Å². The molecule has 0 unspecified atom stereocenters. The summed E-state index contributed by atoms with van der Waals surface area (Å²) in [5.41, 5.74) is 3.60. The van der Waals surface area contributed by atoms with Gasteiger partial charge in [0, 0.05) is 11.3 Å². The van der Waals surface area contributed by atoms with Gasteiger partial charge in [0.2, 0.25) is 0 Å². The zero-order valence-electron chi connectivity index (χ0n) is 13.6. The van der Waals surface area contributed by atoms with Crippen LogP contribution in [0.1, 0.15) is 63.0 Å². The van der Waals surface area contributed by atoms with Crippen molar-refractivity contribution < 1.29 is 4.79 Å². The maximum Gasteiger partial charge on any atom is 0.123 e. The summed E-state index contributed by atoms with van der Waals surface area (Å²) in [6, 6.07) is 9.48. The summed E-state index contributed by atoms with van der Waals surface area (Å²) in [5.74, 6) is 3.27. The van der Waals surface area contributed by atoms with Crippen LogP contribution >= 0.6 is 0 Å². The molecule has 1 nitrogen and oxygen atoms in total. The molecule has 0 spiro atoms. The SMILES string of the molecule is C[C@]1(c2ccc(C34CC5CC(CC(C5)C3)C4)cc2)C[C@@H]1C=O. The van der Waals surface area contributed by atoms with Crippen LogP contribution in [0, 0.1) is 23.7 Å². The fourth-order valence-electron chi connectivity index (χ4n) is 6.60. The highest BCUT2D eigenvalue weighted by Gasteiger charge is 2.53. The van der Waals surface area contributed by atoms with Gasteiger partial charge in [0.15, 0.2) is 0 Å². The molecule has 0 saturated heterocycles. The van der Waals surface area contributed by atoms with Gasteiger partial charge in [0.05, 0.1) is 0 Å². The molecule has 0 heterocycles. The molecule has 5 fully saturated rings. The molecule has 0 amide bonds. The van der Waals surface area contributed by atoms with Crippen LogP contribution in [0.3, 0.4) is 0 Å². The second-order valence-corrected chi connectivity index (χ2v) is 9.14. The molecule has 1 aromatic carbocycles. The van der Waals surface area contributed by atoms with E-state index in [1.165, 1.54) is 44.1 Å². The molecule has 0 aliphatic heterocycles. The molecule has 5 saturated carbocycles. The van der Waals surface area contributed by atoms with Gasteiger partial charge in [-0.1, -0.05) is 31.2 Å². The van der Waals surface area contributed by atoms with Gasteiger partial charge in [-0.15, -0.1) is 0 Å². The topological polar surface area (TPSA) is 17.1 Å². The highest BCUT2D eigenvalue weighted by molar-refractivity contribution is 5.64. The van der Waals surface area contributed by atoms with Crippen LogP contribution in [-0.2, 0) is 15.6 Å². The molecule has 116 valence electrons. The van der Waals surface area contributed by atoms with Crippen molar-refractivity contribution in [1.29, 1.82) is 0 Å². The van der Waals surface area contributed by atoms with E-state index >= 15 is 0 Å². The second kappa shape index (κ2) is 4.24. The molecule has 1 aromatic rings. The molecule has 0 aromatic heterocycles. The third-order valence-electron chi connectivity index (χ3n) is 7.66. The number of aldehydes is 1. The van der Waals surface area contributed by atoms with E-state index in [9.17, 15) is 4.79 Å². The molecular formula is C21H26O. The number of hydrogen-bond donors (Lipinski definition) is 0. The van der Waals surface area contributed by atoms with Gasteiger partial charge in [0.1, 0.15) is 6.29 Å². The average Bonchev–Trinajstić information content (AvgIpc) is 3.18. The lowest BCUT2D eigenvalue weighted by molar-refractivity contribution is -0.109. The van der Waals surface area contributed by atoms with Gasteiger partial charge in [-0.25, -0.2) is 0 Å². The third-order valence-corrected chi connectivity index (χ3v) is 7.66. The second-order valence-electron chi connectivity index (χ2n) is 9.14. The predicted molar refractivity (Wildman–Crippen MR) is 87.8 cm³/mol. The molecular weight excluding hydrogens is 268 g/mol. The van der Waals surface area contributed by atoms with Crippen molar-refractivity contribution in [3.05, 3.63) is 35.4 Å². The minimum absolute atomic E-state index is 0.127. The minimum atomic E-state index is 0.127. The van der Waals surface area contributed by atoms with E-state index < -0.39 is 0 Å². The summed E-state index contributed by atoms with van der Waals surface area (Å²) in [7, 11) is 0. The molecule has 4 bridgehead atoms. The standard InChI is InChI=1S/C21H26O/c1-20(12-19(20)13-22)17-2-4-18(5-3-17)21-9-14-6-15(10-21)8-16(7-14)11-21/h2-5,13-16,19H,6-12H2,1H3/t14?,15?,16?,19-,20-,21?/m1/s1. The normalized spacial score (nSPS) is 48.4. The van der Waals surface area contributed by atoms with Crippen molar-refractivity contribution in [3.8, 4) is 0 Å². The van der Waals surface area contributed by atoms with Crippen LogP contribution in [0.5, 0.6) is 0 Å². The Bertz CT molecular complexity index is 578. The molecule has 0 N–H and O–H groups in total. The van der Waals surface area contributed by atoms with Crippen LogP contribution in [0.2, 0.25) is 0 Å². The van der Waals surface area contributed by atoms with Crippen molar-refractivity contribution in [2.45, 2.75) is 62.7 Å². The first-order valence-corrected chi connectivity index (χ1v) is 9.18. The zero-order chi connectivity index (χ0) is 14.9. The van der Waals surface area contributed by atoms with Crippen molar-refractivity contribution in [2.24, 2.45) is 23.7 Å². The third kappa shape index (κ3) is 1.74. The fourth-order valence-corrected chi connectivity index (χ4v) is 6.60. The number of carbonyl (C=O) groups is 1. The van der Waals surface area contributed by atoms with Gasteiger partial charge in [-0.2, -0.15) is 0 Å². The summed E-state index contributed by atoms with van der Waals surface area (Å²) in [6.45, 7) is 2.24. The Kier molecular flexibility index (Phi) is 2.57. The molecule has 22 heavy (non-hydrogen) atoms. The summed E-state index contributed by atoms with van der Waals surface area (Å²) in [5, 5.41) is 0. The smallest absolute Gasteiger partial charge is 0.123 e. The maximum atomic E-state index is 11.1. The van der Waals surface area contributed by atoms with Gasteiger partial charge in [0.25, 0.3) is 0 Å². The Morgan fingerprint density at radius 1 is 0.864 bits per heavy atom. The summed E-state index contributed by atoms with van der Waals surface area (Å²) in [4.78, 5) is 11.1. The Balaban J connectivity index is 1.45. The lowest BCUT2D eigenvalue weighted by atomic mass is 9.48. The Morgan fingerprint density at radius 3 is 1.82 bits per heavy atom. The highest BCUT2D eigenvalue weighted by Crippen LogP contribution is 2.61. The van der Waals surface area contributed by atoms with Crippen LogP contribution in [0.25, 0.3) is 0 Å². The summed E-state index contributed by atoms with van der Waals surface area (Å²) < 4.78 is 0. The molecule has 1 heteroatoms. The predicted octanol–water partition coefficient (Wildman–Crippen LogP) is 4.63. The van der Waals surface area contributed by atoms with E-state index in [0.29, 0.717) is 5.41 Å². The Labute approximate surface area is 133 Å². The molecule has 5 aliphatic rings. The molecule has 6 rings (SSSR count). The zero-order valence-corrected chi connectivity index (χ0v) is 13.6. The van der Waals surface area contributed by atoms with Gasteiger partial charge in [-0.3, -0.25) is 0 Å². The van der Waals surface area contributed by atoms with Crippen molar-refractivity contribution >= 4 is 6.29 Å². The van der Waals surface area contributed by atoms with Crippen LogP contribution in [0.4, 0.5) is 0 Å². The van der Waals surface area contributed by atoms with Crippen molar-refractivity contribution in [2.75, 3.05) is 0 Å². The van der Waals surface area contributed by atoms with Crippen molar-refractivity contribution in [1.82, 2.24) is 0 Å². The summed E-state index contributed by atoms with van der Waals surface area (Å²) in [6.07, 6.45) is 11.0. The van der Waals surface area contributed by atoms with E-state index in [-0.39, 0.29) is 11.3 Å². The van der Waals surface area contributed by atoms with E-state index in [1.807, 2.05) is 0 Å². The highest BCUT2D eigenvalue weighted by atomic mass is 16.1. The lowest BCUT2D eigenvalue weighted by Crippen LogP contribution is -2.48. The van der Waals surface area contributed by atoms with E-state index in [2.05, 4.69) is 31.2 Å². The molecule has 2 atom stereocenters. The molecule has 5 aliphatic carbocycles. The summed E-state index contributed by atoms with van der Waals surface area (Å²) >= 11 is 0.